The Morgan fingerprint density at radius 2 is 1.65 bits per heavy atom. The molecular weight excluding hydrogens is 328 g/mol. The van der Waals surface area contributed by atoms with E-state index in [1.54, 1.807) is 0 Å². The van der Waals surface area contributed by atoms with Crippen molar-refractivity contribution in [2.24, 2.45) is 23.2 Å². The summed E-state index contributed by atoms with van der Waals surface area (Å²) >= 11 is 0. The average molecular weight is 356 g/mol. The van der Waals surface area contributed by atoms with E-state index < -0.39 is 11.8 Å². The van der Waals surface area contributed by atoms with Crippen LogP contribution in [0.5, 0.6) is 0 Å². The van der Waals surface area contributed by atoms with Crippen LogP contribution in [-0.4, -0.2) is 26.2 Å². The van der Waals surface area contributed by atoms with E-state index in [0.29, 0.717) is 6.42 Å². The molecule has 4 nitrogen and oxygen atoms in total. The minimum Gasteiger partial charge on any atom is -0.469 e. The number of carbonyl (C=O) groups is 2. The topological polar surface area (TPSA) is 52.6 Å². The summed E-state index contributed by atoms with van der Waals surface area (Å²) in [5.41, 5.74) is 1.98. The van der Waals surface area contributed by atoms with Gasteiger partial charge >= 0.3 is 11.9 Å². The van der Waals surface area contributed by atoms with Crippen LogP contribution in [-0.2, 0) is 19.1 Å². The summed E-state index contributed by atoms with van der Waals surface area (Å²) in [6.45, 7) is 6.36. The first-order chi connectivity index (χ1) is 12.3. The largest absolute Gasteiger partial charge is 0.469 e. The third kappa shape index (κ3) is 4.63. The molecule has 2 rings (SSSR count). The van der Waals surface area contributed by atoms with E-state index in [0.717, 1.165) is 11.1 Å². The Hall–Kier alpha value is -2.36. The highest BCUT2D eigenvalue weighted by molar-refractivity contribution is 5.86. The highest BCUT2D eigenvalue weighted by atomic mass is 16.5. The second-order valence-electron chi connectivity index (χ2n) is 7.70. The lowest BCUT2D eigenvalue weighted by molar-refractivity contribution is -0.158. The zero-order chi connectivity index (χ0) is 19.3. The molecule has 0 aliphatic heterocycles. The van der Waals surface area contributed by atoms with Crippen molar-refractivity contribution < 1.29 is 19.1 Å². The molecule has 0 unspecified atom stereocenters. The van der Waals surface area contributed by atoms with Crippen molar-refractivity contribution in [3.05, 3.63) is 54.1 Å². The highest BCUT2D eigenvalue weighted by Gasteiger charge is 2.43. The molecule has 0 spiro atoms. The normalized spacial score (nSPS) is 23.4. The van der Waals surface area contributed by atoms with Crippen LogP contribution in [0.2, 0.25) is 0 Å². The Balaban J connectivity index is 2.59. The maximum atomic E-state index is 12.6. The van der Waals surface area contributed by atoms with E-state index >= 15 is 0 Å². The van der Waals surface area contributed by atoms with Gasteiger partial charge < -0.3 is 9.47 Å². The molecule has 0 fully saturated rings. The van der Waals surface area contributed by atoms with Crippen molar-refractivity contribution in [3.63, 3.8) is 0 Å². The smallest absolute Gasteiger partial charge is 0.310 e. The van der Waals surface area contributed by atoms with E-state index in [9.17, 15) is 9.59 Å². The maximum absolute atomic E-state index is 12.6. The Bertz CT molecular complexity index is 695. The maximum Gasteiger partial charge on any atom is 0.310 e. The molecule has 1 aliphatic rings. The lowest BCUT2D eigenvalue weighted by atomic mass is 9.70. The number of methoxy groups -OCH3 is 2. The molecule has 0 heterocycles. The first-order valence-electron chi connectivity index (χ1n) is 8.89. The third-order valence-electron chi connectivity index (χ3n) is 4.59. The summed E-state index contributed by atoms with van der Waals surface area (Å²) in [6, 6.07) is 9.97. The number of hydrogen-bond donors (Lipinski definition) is 0. The molecule has 1 aliphatic carbocycles. The Morgan fingerprint density at radius 1 is 1.04 bits per heavy atom. The monoisotopic (exact) mass is 356 g/mol. The standard InChI is InChI=1S/C22H28O4/c1-22(2,3)14-18(15-10-7-6-8-11-15)16-12-9-13-17(20(23)25-4)19(16)21(24)26-5/h6-12,14,16-17,19H,13H2,1-5H3/b18-14+/t16-,17-,19-/m1/s1. The van der Waals surface area contributed by atoms with E-state index in [-0.39, 0.29) is 23.3 Å². The summed E-state index contributed by atoms with van der Waals surface area (Å²) < 4.78 is 10.0. The number of ether oxygens (including phenoxy) is 2. The van der Waals surface area contributed by atoms with Crippen molar-refractivity contribution in [1.29, 1.82) is 0 Å². The van der Waals surface area contributed by atoms with Crippen molar-refractivity contribution >= 4 is 17.5 Å². The predicted octanol–water partition coefficient (Wildman–Crippen LogP) is 4.27. The molecule has 140 valence electrons. The summed E-state index contributed by atoms with van der Waals surface area (Å²) in [5.74, 6) is -2.16. The van der Waals surface area contributed by atoms with Crippen LogP contribution in [0.3, 0.4) is 0 Å². The molecule has 0 N–H and O–H groups in total. The lowest BCUT2D eigenvalue weighted by Crippen LogP contribution is -2.38. The van der Waals surface area contributed by atoms with Gasteiger partial charge in [0, 0.05) is 5.92 Å². The fourth-order valence-electron chi connectivity index (χ4n) is 3.50. The van der Waals surface area contributed by atoms with Crippen molar-refractivity contribution in [2.45, 2.75) is 27.2 Å². The van der Waals surface area contributed by atoms with Gasteiger partial charge in [0.2, 0.25) is 0 Å². The number of rotatable bonds is 4. The molecule has 0 radical (unpaired) electrons. The van der Waals surface area contributed by atoms with Crippen LogP contribution in [0.25, 0.3) is 5.57 Å². The molecule has 0 amide bonds. The highest BCUT2D eigenvalue weighted by Crippen LogP contribution is 2.42. The van der Waals surface area contributed by atoms with Gasteiger partial charge in [-0.1, -0.05) is 69.3 Å². The van der Waals surface area contributed by atoms with Crippen molar-refractivity contribution in [3.8, 4) is 0 Å². The van der Waals surface area contributed by atoms with Gasteiger partial charge in [-0.2, -0.15) is 0 Å². The quantitative estimate of drug-likeness (QED) is 0.597. The van der Waals surface area contributed by atoms with E-state index in [2.05, 4.69) is 26.8 Å². The summed E-state index contributed by atoms with van der Waals surface area (Å²) in [6.07, 6.45) is 6.63. The van der Waals surface area contributed by atoms with Gasteiger partial charge in [0.1, 0.15) is 0 Å². The van der Waals surface area contributed by atoms with Crippen LogP contribution in [0, 0.1) is 23.2 Å². The molecule has 3 atom stereocenters. The Labute approximate surface area is 155 Å². The number of hydrogen-bond acceptors (Lipinski definition) is 4. The zero-order valence-corrected chi connectivity index (χ0v) is 16.2. The van der Waals surface area contributed by atoms with E-state index in [1.807, 2.05) is 42.5 Å². The number of benzene rings is 1. The zero-order valence-electron chi connectivity index (χ0n) is 16.2. The summed E-state index contributed by atoms with van der Waals surface area (Å²) in [5, 5.41) is 0. The van der Waals surface area contributed by atoms with Crippen LogP contribution in [0.1, 0.15) is 32.8 Å². The van der Waals surface area contributed by atoms with Gasteiger partial charge in [-0.05, 0) is 23.0 Å². The Kier molecular flexibility index (Phi) is 6.41. The molecule has 4 heteroatoms. The van der Waals surface area contributed by atoms with Crippen LogP contribution in [0.4, 0.5) is 0 Å². The van der Waals surface area contributed by atoms with Crippen molar-refractivity contribution in [2.75, 3.05) is 14.2 Å². The number of esters is 2. The van der Waals surface area contributed by atoms with Gasteiger partial charge in [0.05, 0.1) is 26.1 Å². The minimum absolute atomic E-state index is 0.0854. The van der Waals surface area contributed by atoms with Gasteiger partial charge in [0.25, 0.3) is 0 Å². The number of allylic oxidation sites excluding steroid dienone is 4. The van der Waals surface area contributed by atoms with Crippen molar-refractivity contribution in [1.82, 2.24) is 0 Å². The molecule has 26 heavy (non-hydrogen) atoms. The average Bonchev–Trinajstić information content (AvgIpc) is 2.64. The SMILES string of the molecule is COC(=O)[C@@H]1[C@@H](/C(=C/C(C)(C)C)c2ccccc2)C=CC[C@H]1C(=O)OC. The molecule has 1 aromatic rings. The molecule has 0 saturated heterocycles. The number of carbonyl (C=O) groups excluding carboxylic acids is 2. The predicted molar refractivity (Wildman–Crippen MR) is 102 cm³/mol. The second-order valence-corrected chi connectivity index (χ2v) is 7.70. The fourth-order valence-corrected chi connectivity index (χ4v) is 3.50. The first-order valence-corrected chi connectivity index (χ1v) is 8.89. The van der Waals surface area contributed by atoms with Crippen LogP contribution in [0.15, 0.2) is 48.6 Å². The summed E-state index contributed by atoms with van der Waals surface area (Å²) in [4.78, 5) is 24.9. The van der Waals surface area contributed by atoms with Gasteiger partial charge in [-0.3, -0.25) is 9.59 Å². The van der Waals surface area contributed by atoms with Gasteiger partial charge in [-0.25, -0.2) is 0 Å². The van der Waals surface area contributed by atoms with Crippen LogP contribution < -0.4 is 0 Å². The molecule has 0 aromatic heterocycles. The fraction of sp³-hybridized carbons (Fsp3) is 0.455. The molecule has 0 bridgehead atoms. The van der Waals surface area contributed by atoms with Gasteiger partial charge in [-0.15, -0.1) is 0 Å². The molecule has 1 aromatic carbocycles. The molecule has 0 saturated carbocycles. The van der Waals surface area contributed by atoms with E-state index in [4.69, 9.17) is 9.47 Å². The third-order valence-corrected chi connectivity index (χ3v) is 4.59. The molecular formula is C22H28O4. The Morgan fingerprint density at radius 3 is 2.19 bits per heavy atom. The van der Waals surface area contributed by atoms with Gasteiger partial charge in [0.15, 0.2) is 0 Å². The van der Waals surface area contributed by atoms with E-state index in [1.165, 1.54) is 14.2 Å². The van der Waals surface area contributed by atoms with Crippen LogP contribution >= 0.6 is 0 Å². The summed E-state index contributed by atoms with van der Waals surface area (Å²) in [7, 11) is 2.72. The first kappa shape index (κ1) is 20.0. The lowest BCUT2D eigenvalue weighted by Gasteiger charge is -2.34. The minimum atomic E-state index is -0.605. The second kappa shape index (κ2) is 8.35.